The van der Waals surface area contributed by atoms with Crippen LogP contribution in [0.25, 0.3) is 10.9 Å². The van der Waals surface area contributed by atoms with Crippen molar-refractivity contribution in [1.82, 2.24) is 9.88 Å². The molecule has 1 saturated heterocycles. The molecule has 0 atom stereocenters. The first-order chi connectivity index (χ1) is 15.9. The highest BCUT2D eigenvalue weighted by Gasteiger charge is 2.22. The number of halogens is 2. The van der Waals surface area contributed by atoms with E-state index in [2.05, 4.69) is 27.1 Å². The molecule has 7 nitrogen and oxygen atoms in total. The number of fused-ring (bicyclic) bond motifs is 1. The molecule has 9 heteroatoms. The number of benzene rings is 2. The molecule has 0 aliphatic carbocycles. The standard InChI is InChI=1S/C24H26Cl2N4O3/c1-4-33-24(31)17-14-27-20-13-22(32-3)21(30-9-7-29(2)8-10-30)12-16(20)23(17)28-15-5-6-18(25)19(26)11-15/h5-6,11-14H,4,7-10H2,1-3H3,(H,27,28). The number of likely N-dealkylation sites (N-methyl/N-ethyl adjacent to an activating group) is 1. The molecule has 33 heavy (non-hydrogen) atoms. The first kappa shape index (κ1) is 23.4. The van der Waals surface area contributed by atoms with E-state index in [9.17, 15) is 4.79 Å². The van der Waals surface area contributed by atoms with Crippen LogP contribution in [0.15, 0.2) is 36.5 Å². The van der Waals surface area contributed by atoms with Crippen molar-refractivity contribution in [3.8, 4) is 5.75 Å². The molecule has 1 N–H and O–H groups in total. The van der Waals surface area contributed by atoms with E-state index < -0.39 is 5.97 Å². The third-order valence-electron chi connectivity index (χ3n) is 5.70. The SMILES string of the molecule is CCOC(=O)c1cnc2cc(OC)c(N3CCN(C)CC3)cc2c1Nc1ccc(Cl)c(Cl)c1. The fraction of sp³-hybridized carbons (Fsp3) is 0.333. The van der Waals surface area contributed by atoms with Gasteiger partial charge in [0.25, 0.3) is 0 Å². The van der Waals surface area contributed by atoms with Crippen LogP contribution in [-0.4, -0.2) is 62.8 Å². The zero-order valence-corrected chi connectivity index (χ0v) is 20.3. The maximum Gasteiger partial charge on any atom is 0.341 e. The highest BCUT2D eigenvalue weighted by Crippen LogP contribution is 2.39. The Balaban J connectivity index is 1.87. The number of carbonyl (C=O) groups is 1. The monoisotopic (exact) mass is 488 g/mol. The van der Waals surface area contributed by atoms with Crippen molar-refractivity contribution >= 4 is 57.1 Å². The van der Waals surface area contributed by atoms with Crippen LogP contribution >= 0.6 is 23.2 Å². The largest absolute Gasteiger partial charge is 0.495 e. The molecule has 0 saturated carbocycles. The van der Waals surface area contributed by atoms with Crippen molar-refractivity contribution in [3.63, 3.8) is 0 Å². The van der Waals surface area contributed by atoms with Gasteiger partial charge in [-0.2, -0.15) is 0 Å². The van der Waals surface area contributed by atoms with Crippen LogP contribution in [0, 0.1) is 0 Å². The number of anilines is 3. The van der Waals surface area contributed by atoms with E-state index in [-0.39, 0.29) is 6.61 Å². The molecule has 0 bridgehead atoms. The molecule has 1 aliphatic heterocycles. The van der Waals surface area contributed by atoms with E-state index in [1.807, 2.05) is 12.1 Å². The third-order valence-corrected chi connectivity index (χ3v) is 6.44. The molecule has 1 aromatic heterocycles. The Morgan fingerprint density at radius 3 is 2.55 bits per heavy atom. The summed E-state index contributed by atoms with van der Waals surface area (Å²) >= 11 is 12.3. The minimum atomic E-state index is -0.452. The van der Waals surface area contributed by atoms with Crippen molar-refractivity contribution in [2.75, 3.05) is 57.2 Å². The van der Waals surface area contributed by atoms with Gasteiger partial charge >= 0.3 is 5.97 Å². The highest BCUT2D eigenvalue weighted by atomic mass is 35.5. The summed E-state index contributed by atoms with van der Waals surface area (Å²) in [6, 6.07) is 9.15. The Morgan fingerprint density at radius 1 is 1.12 bits per heavy atom. The first-order valence-electron chi connectivity index (χ1n) is 10.7. The zero-order chi connectivity index (χ0) is 23.5. The number of nitrogens with zero attached hydrogens (tertiary/aromatic N) is 3. The van der Waals surface area contributed by atoms with Gasteiger partial charge in [0.2, 0.25) is 0 Å². The van der Waals surface area contributed by atoms with Crippen LogP contribution in [0.2, 0.25) is 10.0 Å². The Hall–Kier alpha value is -2.74. The average molecular weight is 489 g/mol. The molecule has 0 radical (unpaired) electrons. The van der Waals surface area contributed by atoms with Crippen LogP contribution < -0.4 is 15.0 Å². The molecular formula is C24H26Cl2N4O3. The van der Waals surface area contributed by atoms with Gasteiger partial charge in [-0.25, -0.2) is 4.79 Å². The molecule has 2 aromatic carbocycles. The lowest BCUT2D eigenvalue weighted by atomic mass is 10.1. The van der Waals surface area contributed by atoms with Crippen molar-refractivity contribution < 1.29 is 14.3 Å². The van der Waals surface area contributed by atoms with E-state index >= 15 is 0 Å². The van der Waals surface area contributed by atoms with E-state index in [0.29, 0.717) is 32.5 Å². The van der Waals surface area contributed by atoms with Gasteiger partial charge in [-0.05, 0) is 38.2 Å². The molecule has 1 fully saturated rings. The molecule has 3 aromatic rings. The summed E-state index contributed by atoms with van der Waals surface area (Å²) in [7, 11) is 3.77. The van der Waals surface area contributed by atoms with Gasteiger partial charge < -0.3 is 24.6 Å². The zero-order valence-electron chi connectivity index (χ0n) is 18.8. The Bertz CT molecular complexity index is 1180. The molecule has 0 spiro atoms. The van der Waals surface area contributed by atoms with Crippen LogP contribution in [0.1, 0.15) is 17.3 Å². The van der Waals surface area contributed by atoms with Crippen molar-refractivity contribution in [1.29, 1.82) is 0 Å². The van der Waals surface area contributed by atoms with Gasteiger partial charge in [0.1, 0.15) is 11.3 Å². The Morgan fingerprint density at radius 2 is 1.88 bits per heavy atom. The smallest absolute Gasteiger partial charge is 0.341 e. The number of carbonyl (C=O) groups excluding carboxylic acids is 1. The Kier molecular flexibility index (Phi) is 7.12. The number of pyridine rings is 1. The van der Waals surface area contributed by atoms with Crippen LogP contribution in [0.4, 0.5) is 17.1 Å². The van der Waals surface area contributed by atoms with Crippen molar-refractivity contribution in [3.05, 3.63) is 52.1 Å². The second-order valence-electron chi connectivity index (χ2n) is 7.85. The number of hydrogen-bond acceptors (Lipinski definition) is 7. The maximum atomic E-state index is 12.8. The van der Waals surface area contributed by atoms with E-state index in [4.69, 9.17) is 32.7 Å². The quantitative estimate of drug-likeness (QED) is 0.476. The molecule has 2 heterocycles. The number of hydrogen-bond donors (Lipinski definition) is 1. The molecule has 174 valence electrons. The number of aromatic nitrogens is 1. The molecule has 4 rings (SSSR count). The molecule has 0 amide bonds. The lowest BCUT2D eigenvalue weighted by Gasteiger charge is -2.35. The number of nitrogens with one attached hydrogen (secondary N) is 1. The predicted octanol–water partition coefficient (Wildman–Crippen LogP) is 5.22. The minimum Gasteiger partial charge on any atom is -0.495 e. The lowest BCUT2D eigenvalue weighted by molar-refractivity contribution is 0.0527. The molecule has 1 aliphatic rings. The summed E-state index contributed by atoms with van der Waals surface area (Å²) < 4.78 is 11.0. The van der Waals surface area contributed by atoms with Gasteiger partial charge in [0, 0.05) is 49.5 Å². The summed E-state index contributed by atoms with van der Waals surface area (Å²) in [5.41, 5.74) is 3.28. The van der Waals surface area contributed by atoms with Gasteiger partial charge in [-0.1, -0.05) is 23.2 Å². The predicted molar refractivity (Wildman–Crippen MR) is 134 cm³/mol. The lowest BCUT2D eigenvalue weighted by Crippen LogP contribution is -2.44. The van der Waals surface area contributed by atoms with Crippen LogP contribution in [0.5, 0.6) is 5.75 Å². The highest BCUT2D eigenvalue weighted by molar-refractivity contribution is 6.42. The van der Waals surface area contributed by atoms with E-state index in [0.717, 1.165) is 43.0 Å². The number of piperazine rings is 1. The van der Waals surface area contributed by atoms with Crippen LogP contribution in [0.3, 0.4) is 0 Å². The van der Waals surface area contributed by atoms with Crippen molar-refractivity contribution in [2.45, 2.75) is 6.92 Å². The van der Waals surface area contributed by atoms with Gasteiger partial charge in [0.05, 0.1) is 40.7 Å². The number of ether oxygens (including phenoxy) is 2. The summed E-state index contributed by atoms with van der Waals surface area (Å²) in [6.45, 7) is 5.69. The van der Waals surface area contributed by atoms with Gasteiger partial charge in [-0.3, -0.25) is 4.98 Å². The molecule has 0 unspecified atom stereocenters. The number of methoxy groups -OCH3 is 1. The van der Waals surface area contributed by atoms with Gasteiger partial charge in [-0.15, -0.1) is 0 Å². The molecular weight excluding hydrogens is 463 g/mol. The fourth-order valence-electron chi connectivity index (χ4n) is 3.88. The summed E-state index contributed by atoms with van der Waals surface area (Å²) in [4.78, 5) is 21.9. The first-order valence-corrected chi connectivity index (χ1v) is 11.5. The summed E-state index contributed by atoms with van der Waals surface area (Å²) in [6.07, 6.45) is 1.52. The second kappa shape index (κ2) is 10.0. The second-order valence-corrected chi connectivity index (χ2v) is 8.67. The topological polar surface area (TPSA) is 66.9 Å². The third kappa shape index (κ3) is 4.95. The van der Waals surface area contributed by atoms with E-state index in [1.54, 1.807) is 32.2 Å². The van der Waals surface area contributed by atoms with Gasteiger partial charge in [0.15, 0.2) is 0 Å². The normalized spacial score (nSPS) is 14.4. The summed E-state index contributed by atoms with van der Waals surface area (Å²) in [5, 5.41) is 4.99. The Labute approximate surface area is 203 Å². The minimum absolute atomic E-state index is 0.262. The number of esters is 1. The van der Waals surface area contributed by atoms with Crippen LogP contribution in [-0.2, 0) is 4.74 Å². The summed E-state index contributed by atoms with van der Waals surface area (Å²) in [5.74, 6) is 0.287. The van der Waals surface area contributed by atoms with Crippen molar-refractivity contribution in [2.24, 2.45) is 0 Å². The fourth-order valence-corrected chi connectivity index (χ4v) is 4.18. The van der Waals surface area contributed by atoms with E-state index in [1.165, 1.54) is 6.20 Å². The maximum absolute atomic E-state index is 12.8. The number of rotatable bonds is 6. The average Bonchev–Trinajstić information content (AvgIpc) is 2.81.